The van der Waals surface area contributed by atoms with Crippen LogP contribution < -0.4 is 5.73 Å². The molecular weight excluding hydrogens is 206 g/mol. The summed E-state index contributed by atoms with van der Waals surface area (Å²) in [5.41, 5.74) is 10.5. The second-order valence-electron chi connectivity index (χ2n) is 4.88. The Labute approximate surface area is 102 Å². The van der Waals surface area contributed by atoms with Gasteiger partial charge >= 0.3 is 0 Å². The largest absolute Gasteiger partial charge is 0.324 e. The second kappa shape index (κ2) is 4.34. The molecule has 2 aromatic carbocycles. The summed E-state index contributed by atoms with van der Waals surface area (Å²) in [6, 6.07) is 19.4. The molecule has 2 unspecified atom stereocenters. The van der Waals surface area contributed by atoms with Crippen molar-refractivity contribution in [3.63, 3.8) is 0 Å². The van der Waals surface area contributed by atoms with Crippen molar-refractivity contribution in [2.24, 2.45) is 11.7 Å². The second-order valence-corrected chi connectivity index (χ2v) is 4.88. The van der Waals surface area contributed by atoms with Gasteiger partial charge in [0.2, 0.25) is 0 Å². The smallest absolute Gasteiger partial charge is 0.0332 e. The zero-order chi connectivity index (χ0) is 11.7. The molecule has 86 valence electrons. The van der Waals surface area contributed by atoms with Crippen LogP contribution in [-0.2, 0) is 12.8 Å². The first-order valence-corrected chi connectivity index (χ1v) is 6.22. The number of hydrogen-bond acceptors (Lipinski definition) is 1. The van der Waals surface area contributed by atoms with E-state index in [1.807, 2.05) is 0 Å². The highest BCUT2D eigenvalue weighted by Crippen LogP contribution is 2.35. The first-order valence-electron chi connectivity index (χ1n) is 6.22. The van der Waals surface area contributed by atoms with Crippen molar-refractivity contribution in [2.75, 3.05) is 0 Å². The molecule has 0 aromatic heterocycles. The van der Waals surface area contributed by atoms with Gasteiger partial charge in [0.1, 0.15) is 0 Å². The van der Waals surface area contributed by atoms with E-state index in [1.165, 1.54) is 16.7 Å². The van der Waals surface area contributed by atoms with Crippen LogP contribution in [0.5, 0.6) is 0 Å². The van der Waals surface area contributed by atoms with Gasteiger partial charge in [0.15, 0.2) is 0 Å². The quantitative estimate of drug-likeness (QED) is 0.831. The van der Waals surface area contributed by atoms with Gasteiger partial charge in [-0.25, -0.2) is 0 Å². The van der Waals surface area contributed by atoms with E-state index < -0.39 is 0 Å². The average molecular weight is 223 g/mol. The Morgan fingerprint density at radius 2 is 1.65 bits per heavy atom. The Morgan fingerprint density at radius 3 is 2.41 bits per heavy atom. The van der Waals surface area contributed by atoms with E-state index in [-0.39, 0.29) is 6.04 Å². The highest BCUT2D eigenvalue weighted by molar-refractivity contribution is 5.36. The Hall–Kier alpha value is -1.60. The van der Waals surface area contributed by atoms with Crippen LogP contribution in [0.15, 0.2) is 54.6 Å². The molecule has 3 rings (SSSR count). The van der Waals surface area contributed by atoms with Crippen molar-refractivity contribution in [3.8, 4) is 0 Å². The fourth-order valence-electron chi connectivity index (χ4n) is 2.82. The van der Waals surface area contributed by atoms with Crippen LogP contribution in [0.4, 0.5) is 0 Å². The standard InChI is InChI=1S/C16H17N/c17-16-14(10-12-6-2-1-3-7-12)11-13-8-4-5-9-15(13)16/h1-9,14,16H,10-11,17H2. The first-order chi connectivity index (χ1) is 8.34. The molecule has 17 heavy (non-hydrogen) atoms. The molecule has 0 amide bonds. The number of rotatable bonds is 2. The molecule has 0 saturated carbocycles. The van der Waals surface area contributed by atoms with Crippen molar-refractivity contribution < 1.29 is 0 Å². The van der Waals surface area contributed by atoms with E-state index in [2.05, 4.69) is 54.6 Å². The number of nitrogens with two attached hydrogens (primary N) is 1. The minimum atomic E-state index is 0.200. The normalized spacial score (nSPS) is 22.4. The predicted octanol–water partition coefficient (Wildman–Crippen LogP) is 3.10. The summed E-state index contributed by atoms with van der Waals surface area (Å²) in [6.07, 6.45) is 2.20. The van der Waals surface area contributed by atoms with Gasteiger partial charge in [-0.15, -0.1) is 0 Å². The number of fused-ring (bicyclic) bond motifs is 1. The van der Waals surface area contributed by atoms with Crippen LogP contribution in [0.1, 0.15) is 22.7 Å². The van der Waals surface area contributed by atoms with Crippen LogP contribution in [0.25, 0.3) is 0 Å². The van der Waals surface area contributed by atoms with Gasteiger partial charge in [-0.05, 0) is 35.4 Å². The molecule has 2 atom stereocenters. The third kappa shape index (κ3) is 1.98. The minimum absolute atomic E-state index is 0.200. The third-order valence-electron chi connectivity index (χ3n) is 3.74. The van der Waals surface area contributed by atoms with Gasteiger partial charge < -0.3 is 5.73 Å². The van der Waals surface area contributed by atoms with Crippen LogP contribution in [0.2, 0.25) is 0 Å². The lowest BCUT2D eigenvalue weighted by molar-refractivity contribution is 0.465. The van der Waals surface area contributed by atoms with E-state index >= 15 is 0 Å². The monoisotopic (exact) mass is 223 g/mol. The highest BCUT2D eigenvalue weighted by atomic mass is 14.7. The Morgan fingerprint density at radius 1 is 0.941 bits per heavy atom. The van der Waals surface area contributed by atoms with Gasteiger partial charge in [-0.1, -0.05) is 54.6 Å². The topological polar surface area (TPSA) is 26.0 Å². The average Bonchev–Trinajstić information content (AvgIpc) is 2.68. The summed E-state index contributed by atoms with van der Waals surface area (Å²) in [6.45, 7) is 0. The van der Waals surface area contributed by atoms with Gasteiger partial charge in [-0.3, -0.25) is 0 Å². The van der Waals surface area contributed by atoms with E-state index in [9.17, 15) is 0 Å². The van der Waals surface area contributed by atoms with Gasteiger partial charge in [0.25, 0.3) is 0 Å². The molecule has 1 nitrogen and oxygen atoms in total. The lowest BCUT2D eigenvalue weighted by atomic mass is 9.93. The highest BCUT2D eigenvalue weighted by Gasteiger charge is 2.28. The lowest BCUT2D eigenvalue weighted by Gasteiger charge is -2.15. The van der Waals surface area contributed by atoms with E-state index in [0.717, 1.165) is 12.8 Å². The molecule has 0 aliphatic heterocycles. The summed E-state index contributed by atoms with van der Waals surface area (Å²) in [5.74, 6) is 0.551. The molecule has 2 N–H and O–H groups in total. The van der Waals surface area contributed by atoms with Crippen molar-refractivity contribution in [1.82, 2.24) is 0 Å². The van der Waals surface area contributed by atoms with Crippen molar-refractivity contribution in [2.45, 2.75) is 18.9 Å². The lowest BCUT2D eigenvalue weighted by Crippen LogP contribution is -2.18. The zero-order valence-corrected chi connectivity index (χ0v) is 9.84. The minimum Gasteiger partial charge on any atom is -0.324 e. The molecule has 0 heterocycles. The third-order valence-corrected chi connectivity index (χ3v) is 3.74. The van der Waals surface area contributed by atoms with E-state index in [4.69, 9.17) is 5.73 Å². The Kier molecular flexibility index (Phi) is 2.69. The first kappa shape index (κ1) is 10.5. The molecule has 1 aliphatic rings. The van der Waals surface area contributed by atoms with Gasteiger partial charge in [0.05, 0.1) is 0 Å². The maximum Gasteiger partial charge on any atom is 0.0332 e. The summed E-state index contributed by atoms with van der Waals surface area (Å²) in [5, 5.41) is 0. The van der Waals surface area contributed by atoms with Crippen LogP contribution in [0, 0.1) is 5.92 Å². The molecule has 0 fully saturated rings. The van der Waals surface area contributed by atoms with Gasteiger partial charge in [0, 0.05) is 6.04 Å². The Balaban J connectivity index is 1.81. The Bertz CT molecular complexity index is 504. The van der Waals surface area contributed by atoms with Crippen LogP contribution in [-0.4, -0.2) is 0 Å². The summed E-state index contributed by atoms with van der Waals surface area (Å²) in [4.78, 5) is 0. The van der Waals surface area contributed by atoms with Crippen LogP contribution in [0.3, 0.4) is 0 Å². The van der Waals surface area contributed by atoms with Crippen LogP contribution >= 0.6 is 0 Å². The molecule has 0 radical (unpaired) electrons. The summed E-state index contributed by atoms with van der Waals surface area (Å²) < 4.78 is 0. The molecule has 0 bridgehead atoms. The van der Waals surface area contributed by atoms with Crippen molar-refractivity contribution >= 4 is 0 Å². The van der Waals surface area contributed by atoms with Crippen molar-refractivity contribution in [1.29, 1.82) is 0 Å². The summed E-state index contributed by atoms with van der Waals surface area (Å²) in [7, 11) is 0. The van der Waals surface area contributed by atoms with E-state index in [0.29, 0.717) is 5.92 Å². The molecule has 0 saturated heterocycles. The van der Waals surface area contributed by atoms with Crippen molar-refractivity contribution in [3.05, 3.63) is 71.3 Å². The SMILES string of the molecule is NC1c2ccccc2CC1Cc1ccccc1. The van der Waals surface area contributed by atoms with Gasteiger partial charge in [-0.2, -0.15) is 0 Å². The van der Waals surface area contributed by atoms with E-state index in [1.54, 1.807) is 0 Å². The number of benzene rings is 2. The fraction of sp³-hybridized carbons (Fsp3) is 0.250. The molecular formula is C16H17N. The predicted molar refractivity (Wildman–Crippen MR) is 70.7 cm³/mol. The fourth-order valence-corrected chi connectivity index (χ4v) is 2.82. The molecule has 1 aliphatic carbocycles. The maximum absolute atomic E-state index is 6.34. The number of hydrogen-bond donors (Lipinski definition) is 1. The molecule has 2 aromatic rings. The summed E-state index contributed by atoms with van der Waals surface area (Å²) >= 11 is 0. The molecule has 0 spiro atoms. The maximum atomic E-state index is 6.34. The zero-order valence-electron chi connectivity index (χ0n) is 9.84. The molecule has 1 heteroatoms.